The zero-order valence-corrected chi connectivity index (χ0v) is 7.14. The van der Waals surface area contributed by atoms with E-state index < -0.39 is 6.03 Å². The highest BCUT2D eigenvalue weighted by Crippen LogP contribution is 2.19. The van der Waals surface area contributed by atoms with E-state index in [1.807, 2.05) is 5.43 Å². The Labute approximate surface area is 79.7 Å². The van der Waals surface area contributed by atoms with Crippen LogP contribution in [0, 0.1) is 0 Å². The molecule has 74 valence electrons. The number of carbonyl (C=O) groups is 1. The van der Waals surface area contributed by atoms with Gasteiger partial charge in [0.05, 0.1) is 6.21 Å². The number of rotatable bonds is 2. The van der Waals surface area contributed by atoms with Crippen LogP contribution in [0.2, 0.25) is 0 Å². The molecule has 2 amide bonds. The van der Waals surface area contributed by atoms with E-state index in [0.717, 1.165) is 0 Å². The standard InChI is InChI=1S/C8H9N3O3/c9-8(14)11-10-4-5-3-6(12)1-2-7(5)13/h1-4,12-13H,(H3,9,11,14)/b10-4-. The third-order valence-corrected chi connectivity index (χ3v) is 1.39. The van der Waals surface area contributed by atoms with Gasteiger partial charge in [0.1, 0.15) is 11.5 Å². The van der Waals surface area contributed by atoms with Crippen molar-refractivity contribution in [1.29, 1.82) is 0 Å². The van der Waals surface area contributed by atoms with Gasteiger partial charge in [-0.3, -0.25) is 0 Å². The topological polar surface area (TPSA) is 108 Å². The molecule has 0 fully saturated rings. The largest absolute Gasteiger partial charge is 0.508 e. The van der Waals surface area contributed by atoms with E-state index in [-0.39, 0.29) is 17.1 Å². The average Bonchev–Trinajstić information content (AvgIpc) is 2.10. The van der Waals surface area contributed by atoms with E-state index in [4.69, 9.17) is 10.8 Å². The minimum Gasteiger partial charge on any atom is -0.508 e. The first-order chi connectivity index (χ1) is 6.59. The quantitative estimate of drug-likeness (QED) is 0.305. The number of benzene rings is 1. The van der Waals surface area contributed by atoms with Gasteiger partial charge in [0, 0.05) is 5.56 Å². The number of nitrogens with one attached hydrogen (secondary N) is 1. The van der Waals surface area contributed by atoms with Crippen molar-refractivity contribution >= 4 is 12.2 Å². The monoisotopic (exact) mass is 195 g/mol. The molecule has 1 rings (SSSR count). The Kier molecular flexibility index (Phi) is 2.90. The predicted molar refractivity (Wildman–Crippen MR) is 50.1 cm³/mol. The number of nitrogens with two attached hydrogens (primary N) is 1. The highest BCUT2D eigenvalue weighted by atomic mass is 16.3. The summed E-state index contributed by atoms with van der Waals surface area (Å²) < 4.78 is 0. The number of amides is 2. The van der Waals surface area contributed by atoms with Gasteiger partial charge in [-0.2, -0.15) is 5.10 Å². The highest BCUT2D eigenvalue weighted by Gasteiger charge is 1.98. The van der Waals surface area contributed by atoms with Gasteiger partial charge in [-0.25, -0.2) is 10.2 Å². The Morgan fingerprint density at radius 3 is 2.86 bits per heavy atom. The molecule has 0 aliphatic heterocycles. The molecular weight excluding hydrogens is 186 g/mol. The molecule has 6 nitrogen and oxygen atoms in total. The fourth-order valence-electron chi connectivity index (χ4n) is 0.811. The minimum atomic E-state index is -0.805. The van der Waals surface area contributed by atoms with Crippen LogP contribution in [0.4, 0.5) is 4.79 Å². The first kappa shape index (κ1) is 9.85. The lowest BCUT2D eigenvalue weighted by atomic mass is 10.2. The number of urea groups is 1. The normalized spacial score (nSPS) is 10.3. The van der Waals surface area contributed by atoms with E-state index in [0.29, 0.717) is 0 Å². The maximum absolute atomic E-state index is 10.2. The van der Waals surface area contributed by atoms with Crippen molar-refractivity contribution in [3.8, 4) is 11.5 Å². The smallest absolute Gasteiger partial charge is 0.332 e. The Morgan fingerprint density at radius 2 is 2.21 bits per heavy atom. The lowest BCUT2D eigenvalue weighted by Crippen LogP contribution is -2.24. The first-order valence-corrected chi connectivity index (χ1v) is 3.70. The van der Waals surface area contributed by atoms with Gasteiger partial charge < -0.3 is 15.9 Å². The van der Waals surface area contributed by atoms with Gasteiger partial charge in [-0.1, -0.05) is 0 Å². The van der Waals surface area contributed by atoms with Crippen molar-refractivity contribution in [2.75, 3.05) is 0 Å². The molecule has 0 bridgehead atoms. The number of phenols is 2. The Bertz CT molecular complexity index is 376. The highest BCUT2D eigenvalue weighted by molar-refractivity contribution is 5.85. The molecule has 0 aromatic heterocycles. The number of hydrazone groups is 1. The number of hydrogen-bond acceptors (Lipinski definition) is 4. The van der Waals surface area contributed by atoms with Crippen LogP contribution >= 0.6 is 0 Å². The Morgan fingerprint density at radius 1 is 1.50 bits per heavy atom. The zero-order chi connectivity index (χ0) is 10.6. The van der Waals surface area contributed by atoms with E-state index in [9.17, 15) is 9.90 Å². The lowest BCUT2D eigenvalue weighted by Gasteiger charge is -1.98. The number of aromatic hydroxyl groups is 2. The molecule has 0 saturated carbocycles. The Hall–Kier alpha value is -2.24. The van der Waals surface area contributed by atoms with Gasteiger partial charge in [0.25, 0.3) is 0 Å². The maximum atomic E-state index is 10.2. The molecule has 0 saturated heterocycles. The summed E-state index contributed by atoms with van der Waals surface area (Å²) in [4.78, 5) is 10.2. The van der Waals surface area contributed by atoms with Crippen molar-refractivity contribution < 1.29 is 15.0 Å². The lowest BCUT2D eigenvalue weighted by molar-refractivity contribution is 0.249. The molecule has 0 atom stereocenters. The Balaban J connectivity index is 2.80. The fourth-order valence-corrected chi connectivity index (χ4v) is 0.811. The summed E-state index contributed by atoms with van der Waals surface area (Å²) in [5.74, 6) is -0.0684. The second-order valence-electron chi connectivity index (χ2n) is 2.48. The molecule has 0 aliphatic rings. The number of carbonyl (C=O) groups excluding carboxylic acids is 1. The zero-order valence-electron chi connectivity index (χ0n) is 7.14. The molecule has 1 aromatic rings. The molecule has 6 heteroatoms. The molecular formula is C8H9N3O3. The summed E-state index contributed by atoms with van der Waals surface area (Å²) in [5.41, 5.74) is 6.98. The van der Waals surface area contributed by atoms with Crippen LogP contribution in [-0.4, -0.2) is 22.5 Å². The van der Waals surface area contributed by atoms with Crippen LogP contribution in [-0.2, 0) is 0 Å². The van der Waals surface area contributed by atoms with Crippen LogP contribution in [0.3, 0.4) is 0 Å². The molecule has 0 spiro atoms. The van der Waals surface area contributed by atoms with Crippen LogP contribution in [0.1, 0.15) is 5.56 Å². The van der Waals surface area contributed by atoms with E-state index in [1.54, 1.807) is 0 Å². The maximum Gasteiger partial charge on any atom is 0.332 e. The number of hydrogen-bond donors (Lipinski definition) is 4. The number of nitrogens with zero attached hydrogens (tertiary/aromatic N) is 1. The molecule has 5 N–H and O–H groups in total. The molecule has 0 heterocycles. The second-order valence-corrected chi connectivity index (χ2v) is 2.48. The summed E-state index contributed by atoms with van der Waals surface area (Å²) in [7, 11) is 0. The summed E-state index contributed by atoms with van der Waals surface area (Å²) in [6.45, 7) is 0. The molecule has 0 aliphatic carbocycles. The third-order valence-electron chi connectivity index (χ3n) is 1.39. The van der Waals surface area contributed by atoms with Gasteiger partial charge >= 0.3 is 6.03 Å². The van der Waals surface area contributed by atoms with E-state index >= 15 is 0 Å². The van der Waals surface area contributed by atoms with Crippen molar-refractivity contribution in [3.05, 3.63) is 23.8 Å². The van der Waals surface area contributed by atoms with Crippen LogP contribution < -0.4 is 11.2 Å². The van der Waals surface area contributed by atoms with Gasteiger partial charge in [-0.05, 0) is 18.2 Å². The molecule has 0 radical (unpaired) electrons. The fraction of sp³-hybridized carbons (Fsp3) is 0. The SMILES string of the molecule is NC(=O)N/N=C\c1cc(O)ccc1O. The summed E-state index contributed by atoms with van der Waals surface area (Å²) in [6.07, 6.45) is 1.17. The molecule has 14 heavy (non-hydrogen) atoms. The predicted octanol–water partition coefficient (Wildman–Crippen LogP) is 0.1000. The van der Waals surface area contributed by atoms with Crippen molar-refractivity contribution in [1.82, 2.24) is 5.43 Å². The molecule has 0 unspecified atom stereocenters. The van der Waals surface area contributed by atoms with Crippen molar-refractivity contribution in [2.45, 2.75) is 0 Å². The second kappa shape index (κ2) is 4.13. The van der Waals surface area contributed by atoms with Crippen LogP contribution in [0.5, 0.6) is 11.5 Å². The van der Waals surface area contributed by atoms with Crippen molar-refractivity contribution in [3.63, 3.8) is 0 Å². The molecule has 1 aromatic carbocycles. The summed E-state index contributed by atoms with van der Waals surface area (Å²) >= 11 is 0. The third kappa shape index (κ3) is 2.67. The number of primary amides is 1. The van der Waals surface area contributed by atoms with Gasteiger partial charge in [0.15, 0.2) is 0 Å². The van der Waals surface area contributed by atoms with Crippen LogP contribution in [0.15, 0.2) is 23.3 Å². The van der Waals surface area contributed by atoms with Gasteiger partial charge in [0.2, 0.25) is 0 Å². The number of phenolic OH excluding ortho intramolecular Hbond substituents is 2. The average molecular weight is 195 g/mol. The minimum absolute atomic E-state index is 0.0108. The summed E-state index contributed by atoms with van der Waals surface area (Å²) in [6, 6.07) is 3.12. The van der Waals surface area contributed by atoms with Gasteiger partial charge in [-0.15, -0.1) is 0 Å². The van der Waals surface area contributed by atoms with Crippen LogP contribution in [0.25, 0.3) is 0 Å². The first-order valence-electron chi connectivity index (χ1n) is 3.70. The summed E-state index contributed by atoms with van der Waals surface area (Å²) in [5, 5.41) is 21.7. The van der Waals surface area contributed by atoms with E-state index in [2.05, 4.69) is 5.10 Å². The van der Waals surface area contributed by atoms with E-state index in [1.165, 1.54) is 24.4 Å². The van der Waals surface area contributed by atoms with Crippen molar-refractivity contribution in [2.24, 2.45) is 10.8 Å².